The molecule has 0 radical (unpaired) electrons. The number of aliphatic hydroxyl groups excluding tert-OH is 1. The summed E-state index contributed by atoms with van der Waals surface area (Å²) < 4.78 is 7.81. The molecule has 4 heteroatoms. The van der Waals surface area contributed by atoms with Crippen molar-refractivity contribution in [3.63, 3.8) is 0 Å². The first-order chi connectivity index (χ1) is 8.68. The summed E-state index contributed by atoms with van der Waals surface area (Å²) >= 11 is 0. The van der Waals surface area contributed by atoms with E-state index in [0.29, 0.717) is 0 Å². The average molecular weight is 244 g/mol. The van der Waals surface area contributed by atoms with E-state index in [1.807, 2.05) is 49.0 Å². The van der Waals surface area contributed by atoms with Crippen molar-refractivity contribution in [1.29, 1.82) is 0 Å². The summed E-state index contributed by atoms with van der Waals surface area (Å²) in [4.78, 5) is 4.34. The summed E-state index contributed by atoms with van der Waals surface area (Å²) in [7, 11) is 1.93. The summed E-state index contributed by atoms with van der Waals surface area (Å²) in [6.45, 7) is 1.97. The first kappa shape index (κ1) is 11.3. The maximum absolute atomic E-state index is 10.6. The quantitative estimate of drug-likeness (QED) is 0.834. The van der Waals surface area contributed by atoms with Crippen LogP contribution in [0.2, 0.25) is 0 Å². The number of ether oxygens (including phenoxy) is 1. The van der Waals surface area contributed by atoms with Gasteiger partial charge in [-0.25, -0.2) is 4.98 Å². The molecular weight excluding hydrogens is 228 g/mol. The van der Waals surface area contributed by atoms with Gasteiger partial charge in [0.1, 0.15) is 17.7 Å². The number of hydrogen-bond acceptors (Lipinski definition) is 3. The fraction of sp³-hybridized carbons (Fsp3) is 0.357. The van der Waals surface area contributed by atoms with E-state index in [-0.39, 0.29) is 12.0 Å². The Labute approximate surface area is 106 Å². The van der Waals surface area contributed by atoms with Crippen molar-refractivity contribution >= 4 is 0 Å². The van der Waals surface area contributed by atoms with Crippen molar-refractivity contribution in [2.75, 3.05) is 0 Å². The van der Waals surface area contributed by atoms with Crippen molar-refractivity contribution in [1.82, 2.24) is 9.55 Å². The van der Waals surface area contributed by atoms with Gasteiger partial charge in [-0.05, 0) is 13.0 Å². The van der Waals surface area contributed by atoms with E-state index in [2.05, 4.69) is 4.98 Å². The van der Waals surface area contributed by atoms with Gasteiger partial charge >= 0.3 is 0 Å². The first-order valence-corrected chi connectivity index (χ1v) is 6.09. The number of nitrogens with zero attached hydrogens (tertiary/aromatic N) is 2. The fourth-order valence-corrected chi connectivity index (χ4v) is 2.61. The predicted octanol–water partition coefficient (Wildman–Crippen LogP) is 2.02. The second-order valence-corrected chi connectivity index (χ2v) is 4.73. The maximum atomic E-state index is 10.6. The molecule has 0 saturated carbocycles. The van der Waals surface area contributed by atoms with Crippen LogP contribution in [0.4, 0.5) is 0 Å². The number of benzene rings is 1. The van der Waals surface area contributed by atoms with Gasteiger partial charge in [-0.1, -0.05) is 18.2 Å². The summed E-state index contributed by atoms with van der Waals surface area (Å²) in [5, 5.41) is 10.6. The van der Waals surface area contributed by atoms with Crippen molar-refractivity contribution in [3.8, 4) is 5.75 Å². The molecule has 0 aliphatic carbocycles. The second kappa shape index (κ2) is 4.14. The molecule has 2 aromatic rings. The van der Waals surface area contributed by atoms with E-state index in [1.165, 1.54) is 0 Å². The summed E-state index contributed by atoms with van der Waals surface area (Å²) in [6.07, 6.45) is 2.95. The van der Waals surface area contributed by atoms with Gasteiger partial charge in [0.05, 0.1) is 12.0 Å². The lowest BCUT2D eigenvalue weighted by atomic mass is 9.87. The molecule has 0 unspecified atom stereocenters. The highest BCUT2D eigenvalue weighted by atomic mass is 16.5. The largest absolute Gasteiger partial charge is 0.489 e. The van der Waals surface area contributed by atoms with Crippen LogP contribution in [0.3, 0.4) is 0 Å². The van der Waals surface area contributed by atoms with Crippen LogP contribution in [0.1, 0.15) is 30.3 Å². The monoisotopic (exact) mass is 244 g/mol. The lowest BCUT2D eigenvalue weighted by Crippen LogP contribution is -2.33. The number of fused-ring (bicyclic) bond motifs is 1. The zero-order valence-electron chi connectivity index (χ0n) is 10.4. The summed E-state index contributed by atoms with van der Waals surface area (Å²) in [5.74, 6) is 1.48. The zero-order chi connectivity index (χ0) is 12.7. The standard InChI is InChI=1S/C14H16N2O2/c1-9-12(14-15-7-8-16(14)2)13(17)10-5-3-4-6-11(10)18-9/h3-9,12-13,17H,1-2H3/t9-,12-,13-/m1/s1. The fourth-order valence-electron chi connectivity index (χ4n) is 2.61. The Bertz CT molecular complexity index is 564. The molecule has 3 atom stereocenters. The number of imidazole rings is 1. The van der Waals surface area contributed by atoms with E-state index < -0.39 is 6.10 Å². The number of rotatable bonds is 1. The van der Waals surface area contributed by atoms with Crippen LogP contribution in [0.25, 0.3) is 0 Å². The van der Waals surface area contributed by atoms with Crippen LogP contribution in [0.15, 0.2) is 36.7 Å². The van der Waals surface area contributed by atoms with Gasteiger partial charge in [-0.15, -0.1) is 0 Å². The van der Waals surface area contributed by atoms with Crippen molar-refractivity contribution < 1.29 is 9.84 Å². The van der Waals surface area contributed by atoms with Crippen LogP contribution in [0.5, 0.6) is 5.75 Å². The highest BCUT2D eigenvalue weighted by Gasteiger charge is 2.38. The zero-order valence-corrected chi connectivity index (χ0v) is 10.4. The molecule has 0 bridgehead atoms. The highest BCUT2D eigenvalue weighted by Crippen LogP contribution is 2.42. The minimum absolute atomic E-state index is 0.101. The molecule has 3 rings (SSSR count). The van der Waals surface area contributed by atoms with Crippen LogP contribution >= 0.6 is 0 Å². The Balaban J connectivity index is 2.06. The minimum atomic E-state index is -0.578. The molecule has 0 fully saturated rings. The highest BCUT2D eigenvalue weighted by molar-refractivity contribution is 5.39. The van der Waals surface area contributed by atoms with Crippen LogP contribution in [-0.4, -0.2) is 20.8 Å². The van der Waals surface area contributed by atoms with E-state index >= 15 is 0 Å². The lowest BCUT2D eigenvalue weighted by Gasteiger charge is -2.35. The van der Waals surface area contributed by atoms with Crippen LogP contribution < -0.4 is 4.74 Å². The molecule has 1 aliphatic rings. The van der Waals surface area contributed by atoms with Crippen molar-refractivity contribution in [3.05, 3.63) is 48.0 Å². The first-order valence-electron chi connectivity index (χ1n) is 6.09. The Morgan fingerprint density at radius 2 is 2.11 bits per heavy atom. The number of aromatic nitrogens is 2. The molecule has 1 aromatic carbocycles. The minimum Gasteiger partial charge on any atom is -0.489 e. The van der Waals surface area contributed by atoms with Gasteiger partial charge < -0.3 is 14.4 Å². The molecule has 1 aromatic heterocycles. The van der Waals surface area contributed by atoms with Gasteiger partial charge in [0.2, 0.25) is 0 Å². The Kier molecular flexibility index (Phi) is 2.59. The summed E-state index contributed by atoms with van der Waals surface area (Å²) in [5.41, 5.74) is 0.837. The smallest absolute Gasteiger partial charge is 0.125 e. The molecule has 94 valence electrons. The topological polar surface area (TPSA) is 47.3 Å². The summed E-state index contributed by atoms with van der Waals surface area (Å²) in [6, 6.07) is 7.63. The van der Waals surface area contributed by atoms with E-state index in [4.69, 9.17) is 4.74 Å². The number of aryl methyl sites for hydroxylation is 1. The molecule has 18 heavy (non-hydrogen) atoms. The van der Waals surface area contributed by atoms with Crippen molar-refractivity contribution in [2.45, 2.75) is 25.0 Å². The molecule has 0 spiro atoms. The third-order valence-electron chi connectivity index (χ3n) is 3.55. The maximum Gasteiger partial charge on any atom is 0.125 e. The normalized spacial score (nSPS) is 26.5. The third kappa shape index (κ3) is 1.61. The number of para-hydroxylation sites is 1. The number of hydrogen-bond donors (Lipinski definition) is 1. The SMILES string of the molecule is C[C@H]1Oc2ccccc2[C@@H](O)[C@@H]1c1nccn1C. The van der Waals surface area contributed by atoms with E-state index in [0.717, 1.165) is 17.1 Å². The van der Waals surface area contributed by atoms with Gasteiger partial charge in [0.15, 0.2) is 0 Å². The molecule has 2 heterocycles. The molecule has 4 nitrogen and oxygen atoms in total. The molecule has 1 N–H and O–H groups in total. The van der Waals surface area contributed by atoms with Crippen LogP contribution in [0, 0.1) is 0 Å². The Hall–Kier alpha value is -1.81. The van der Waals surface area contributed by atoms with Gasteiger partial charge in [0, 0.05) is 25.0 Å². The Morgan fingerprint density at radius 1 is 1.33 bits per heavy atom. The molecule has 0 saturated heterocycles. The molecular formula is C14H16N2O2. The van der Waals surface area contributed by atoms with Crippen LogP contribution in [-0.2, 0) is 7.05 Å². The lowest BCUT2D eigenvalue weighted by molar-refractivity contribution is 0.0426. The molecule has 1 aliphatic heterocycles. The van der Waals surface area contributed by atoms with E-state index in [9.17, 15) is 5.11 Å². The Morgan fingerprint density at radius 3 is 2.83 bits per heavy atom. The third-order valence-corrected chi connectivity index (χ3v) is 3.55. The van der Waals surface area contributed by atoms with Gasteiger partial charge in [0.25, 0.3) is 0 Å². The van der Waals surface area contributed by atoms with Gasteiger partial charge in [-0.3, -0.25) is 0 Å². The predicted molar refractivity (Wildman–Crippen MR) is 67.4 cm³/mol. The molecule has 0 amide bonds. The second-order valence-electron chi connectivity index (χ2n) is 4.73. The van der Waals surface area contributed by atoms with E-state index in [1.54, 1.807) is 6.20 Å². The van der Waals surface area contributed by atoms with Crippen molar-refractivity contribution in [2.24, 2.45) is 7.05 Å². The average Bonchev–Trinajstić information content (AvgIpc) is 2.76. The number of aliphatic hydroxyl groups is 1. The van der Waals surface area contributed by atoms with Gasteiger partial charge in [-0.2, -0.15) is 0 Å².